The molecule has 125 heavy (non-hydrogen) atoms. The Hall–Kier alpha value is -13.0. The second-order valence-electron chi connectivity index (χ2n) is 29.7. The number of primary amides is 1. The van der Waals surface area contributed by atoms with E-state index in [-0.39, 0.29) is 218 Å². The molecule has 0 aromatic carbocycles. The first kappa shape index (κ1) is 110. The molecular weight excluding hydrogens is 1640 g/mol. The van der Waals surface area contributed by atoms with E-state index >= 15 is 19.2 Å². The lowest BCUT2D eigenvalue weighted by Gasteiger charge is -2.29. The van der Waals surface area contributed by atoms with E-state index in [0.29, 0.717) is 45.2 Å². The SMILES string of the molecule is N=C(N)NCCCC(NC(=O)[C@@H](CCCNC(=N)N)NC(=O)C(CCCNC(=N)N)NC(=O)[C@@H](CCCNC(=N)N)NC(=O)C(CCCNC(=N)N)NC(=O)[C@@H](CCCNC(=N)N)NC(=O)C(CCCNC(=N)N)NC(=O)[C@@H](CCCNC(=N)N)NC(=O)[C@@H](CCCNC(=N)N)NC(=O)CCCCCNC(=O)[C@H]1C[C@H](O)CN1)C(=O)N[C@H](CCCCN)C(N)=O. The van der Waals surface area contributed by atoms with Gasteiger partial charge in [-0.1, -0.05) is 6.42 Å². The fraction of sp³-hybridized carbons (Fsp3) is 0.704. The number of amides is 12. The van der Waals surface area contributed by atoms with Crippen molar-refractivity contribution >= 4 is 125 Å². The molecule has 0 bridgehead atoms. The molecule has 0 spiro atoms. The average molecular weight is 1780 g/mol. The van der Waals surface area contributed by atoms with Crippen molar-refractivity contribution in [3.63, 3.8) is 0 Å². The van der Waals surface area contributed by atoms with Crippen LogP contribution in [-0.4, -0.2) is 281 Å². The monoisotopic (exact) mass is 1780 g/mol. The van der Waals surface area contributed by atoms with Crippen LogP contribution in [0.15, 0.2) is 0 Å². The minimum atomic E-state index is -1.64. The van der Waals surface area contributed by atoms with Crippen molar-refractivity contribution in [2.24, 2.45) is 63.1 Å². The highest BCUT2D eigenvalue weighted by Gasteiger charge is 2.37. The average Bonchev–Trinajstić information content (AvgIpc) is 1.59. The molecule has 1 fully saturated rings. The zero-order chi connectivity index (χ0) is 93.8. The van der Waals surface area contributed by atoms with Gasteiger partial charge in [-0.15, -0.1) is 0 Å². The Morgan fingerprint density at radius 2 is 0.480 bits per heavy atom. The van der Waals surface area contributed by atoms with Crippen molar-refractivity contribution in [1.82, 2.24) is 112 Å². The van der Waals surface area contributed by atoms with Crippen LogP contribution in [0.5, 0.6) is 0 Å². The summed E-state index contributed by atoms with van der Waals surface area (Å²) in [5.41, 5.74) is 61.4. The van der Waals surface area contributed by atoms with Gasteiger partial charge in [-0.25, -0.2) is 0 Å². The number of guanidine groups is 9. The van der Waals surface area contributed by atoms with E-state index in [1.54, 1.807) is 0 Å². The van der Waals surface area contributed by atoms with Crippen LogP contribution >= 0.6 is 0 Å². The Morgan fingerprint density at radius 3 is 0.680 bits per heavy atom. The van der Waals surface area contributed by atoms with E-state index < -0.39 is 179 Å². The van der Waals surface area contributed by atoms with E-state index in [0.717, 1.165) is 0 Å². The molecule has 53 N–H and O–H groups in total. The maximum atomic E-state index is 15.1. The molecule has 0 radical (unpaired) electrons. The number of aliphatic hydroxyl groups is 1. The number of hydrogen-bond donors (Lipinski definition) is 42. The highest BCUT2D eigenvalue weighted by molar-refractivity contribution is 5.99. The third kappa shape index (κ3) is 53.5. The van der Waals surface area contributed by atoms with E-state index in [4.69, 9.17) is 112 Å². The Balaban J connectivity index is 4.06. The molecule has 708 valence electrons. The van der Waals surface area contributed by atoms with Gasteiger partial charge in [0.15, 0.2) is 53.6 Å². The molecule has 1 aliphatic rings. The topological polar surface area (TPSA) is 979 Å². The maximum absolute atomic E-state index is 15.1. The molecule has 0 aromatic heterocycles. The smallest absolute Gasteiger partial charge is 0.243 e. The van der Waals surface area contributed by atoms with Crippen LogP contribution in [0.4, 0.5) is 0 Å². The molecule has 0 aliphatic carbocycles. The van der Waals surface area contributed by atoms with Crippen LogP contribution in [0, 0.1) is 48.7 Å². The standard InChI is InChI=1S/C71H141N41O13/c72-26-4-3-15-40(52(73)115)104-55(118)42(17-7-29-94-64(76)77)106-57(120)44(19-9-31-96-66(80)81)108-59(122)46(21-11-33-98-68(84)85)110-61(124)48(23-13-35-100-70(88)89)112-62(125)49(24-14-36-101-71(90)91)111-60(123)47(22-12-34-99-69(86)87)109-58(121)45(20-10-32-97-67(82)83)107-56(119)43(18-8-30-95-65(78)79)105-54(117)41(16-6-28-93-63(74)75)103-51(114)25-2-1-5-27-92-53(116)50-37-39(113)38-102-50/h39-50,102,113H,1-38,72H2,(H2,73,115)(H,92,116)(H,103,114)(H,104,118)(H,105,117)(H,106,120)(H,107,119)(H,108,122)(H,109,121)(H,110,124)(H,111,123)(H,112,125)(H4,74,75,93)(H4,76,77,94)(H4,78,79,95)(H4,80,81,96)(H4,82,83,97)(H4,84,85,98)(H4,86,87,99)(H4,88,89,100)(H4,90,91,101)/t39-,40+,41+,42?,43+,44+,45?,46?,47+,48+,49?,50+/m0/s1. The van der Waals surface area contributed by atoms with Crippen molar-refractivity contribution in [3.05, 3.63) is 0 Å². The molecule has 1 rings (SSSR count). The summed E-state index contributed by atoms with van der Waals surface area (Å²) in [6.45, 7) is 0.799. The summed E-state index contributed by atoms with van der Waals surface area (Å²) in [5.74, 6) is -14.3. The van der Waals surface area contributed by atoms with Gasteiger partial charge in [-0.3, -0.25) is 106 Å². The summed E-state index contributed by atoms with van der Waals surface area (Å²) in [6, 6.07) is -15.5. The summed E-state index contributed by atoms with van der Waals surface area (Å²) in [6.07, 6.45) is 0.440. The molecule has 12 amide bonds. The number of aliphatic hydroxyl groups excluding tert-OH is 1. The third-order valence-corrected chi connectivity index (χ3v) is 19.0. The molecule has 0 saturated carbocycles. The first-order chi connectivity index (χ1) is 59.2. The number of carbonyl (C=O) groups is 12. The zero-order valence-corrected chi connectivity index (χ0v) is 71.0. The summed E-state index contributed by atoms with van der Waals surface area (Å²) in [5, 5.41) is 135. The molecular formula is C71H141N41O13. The van der Waals surface area contributed by atoms with Crippen molar-refractivity contribution in [3.8, 4) is 0 Å². The van der Waals surface area contributed by atoms with Gasteiger partial charge >= 0.3 is 0 Å². The van der Waals surface area contributed by atoms with Crippen LogP contribution in [0.3, 0.4) is 0 Å². The Bertz CT molecular complexity index is 3520. The van der Waals surface area contributed by atoms with Crippen molar-refractivity contribution in [1.29, 1.82) is 48.7 Å². The van der Waals surface area contributed by atoms with E-state index in [2.05, 4.69) is 112 Å². The highest BCUT2D eigenvalue weighted by Crippen LogP contribution is 2.14. The molecule has 1 aliphatic heterocycles. The molecule has 54 nitrogen and oxygen atoms in total. The van der Waals surface area contributed by atoms with E-state index in [1.807, 2.05) is 0 Å². The molecule has 54 heteroatoms. The summed E-state index contributed by atoms with van der Waals surface area (Å²) >= 11 is 0. The lowest BCUT2D eigenvalue weighted by atomic mass is 10.0. The Kier molecular flexibility index (Phi) is 56.2. The predicted molar refractivity (Wildman–Crippen MR) is 468 cm³/mol. The summed E-state index contributed by atoms with van der Waals surface area (Å²) in [4.78, 5) is 172. The second-order valence-corrected chi connectivity index (χ2v) is 29.7. The molecule has 1 heterocycles. The van der Waals surface area contributed by atoms with Crippen molar-refractivity contribution in [2.45, 2.75) is 240 Å². The van der Waals surface area contributed by atoms with Gasteiger partial charge in [0, 0.05) is 78.4 Å². The number of β-amino-alcohol motifs (C(OH)–C–C–N with tert-alkyl or cyclic N) is 1. The number of rotatable bonds is 67. The number of hydrogen-bond acceptors (Lipinski definition) is 24. The number of unbranched alkanes of at least 4 members (excludes halogenated alkanes) is 3. The van der Waals surface area contributed by atoms with E-state index in [1.165, 1.54) is 0 Å². The summed E-state index contributed by atoms with van der Waals surface area (Å²) < 4.78 is 0. The van der Waals surface area contributed by atoms with Gasteiger partial charge in [0.2, 0.25) is 70.9 Å². The van der Waals surface area contributed by atoms with Crippen LogP contribution in [0.2, 0.25) is 0 Å². The largest absolute Gasteiger partial charge is 0.392 e. The van der Waals surface area contributed by atoms with Gasteiger partial charge < -0.3 is 180 Å². The van der Waals surface area contributed by atoms with Crippen molar-refractivity contribution in [2.75, 3.05) is 78.5 Å². The second kappa shape index (κ2) is 63.8. The molecule has 1 saturated heterocycles. The lowest BCUT2D eigenvalue weighted by molar-refractivity contribution is -0.136. The third-order valence-electron chi connectivity index (χ3n) is 19.0. The fourth-order valence-electron chi connectivity index (χ4n) is 12.5. The predicted octanol–water partition coefficient (Wildman–Crippen LogP) is -12.8. The van der Waals surface area contributed by atoms with Crippen molar-refractivity contribution < 1.29 is 62.6 Å². The minimum Gasteiger partial charge on any atom is -0.392 e. The first-order valence-electron chi connectivity index (χ1n) is 41.7. The Labute approximate surface area is 725 Å². The summed E-state index contributed by atoms with van der Waals surface area (Å²) in [7, 11) is 0. The number of carbonyl (C=O) groups excluding carboxylic acids is 12. The molecule has 12 atom stereocenters. The van der Waals surface area contributed by atoms with Gasteiger partial charge in [0.25, 0.3) is 0 Å². The van der Waals surface area contributed by atoms with Gasteiger partial charge in [0.05, 0.1) is 12.1 Å². The number of nitrogens with one attached hydrogen (secondary N) is 30. The quantitative estimate of drug-likeness (QED) is 0.0153. The first-order valence-corrected chi connectivity index (χ1v) is 41.7. The molecule has 4 unspecified atom stereocenters. The number of nitrogens with two attached hydrogens (primary N) is 11. The Morgan fingerprint density at radius 1 is 0.272 bits per heavy atom. The molecule has 0 aromatic rings. The van der Waals surface area contributed by atoms with Crippen LogP contribution in [0.1, 0.15) is 167 Å². The van der Waals surface area contributed by atoms with Crippen LogP contribution < -0.4 is 175 Å². The lowest BCUT2D eigenvalue weighted by Crippen LogP contribution is -2.61. The highest BCUT2D eigenvalue weighted by atomic mass is 16.3. The van der Waals surface area contributed by atoms with Gasteiger partial charge in [0.1, 0.15) is 60.4 Å². The zero-order valence-electron chi connectivity index (χ0n) is 71.0. The van der Waals surface area contributed by atoms with Gasteiger partial charge in [-0.2, -0.15) is 0 Å². The van der Waals surface area contributed by atoms with Crippen LogP contribution in [-0.2, 0) is 57.5 Å². The minimum absolute atomic E-state index is 0.00314. The van der Waals surface area contributed by atoms with E-state index in [9.17, 15) is 43.5 Å². The van der Waals surface area contributed by atoms with Gasteiger partial charge in [-0.05, 0) is 161 Å². The maximum Gasteiger partial charge on any atom is 0.243 e. The van der Waals surface area contributed by atoms with Crippen LogP contribution in [0.25, 0.3) is 0 Å². The normalized spacial score (nSPS) is 14.9. The fourth-order valence-corrected chi connectivity index (χ4v) is 12.5.